The Kier molecular flexibility index (Phi) is 4.83. The van der Waals surface area contributed by atoms with E-state index in [1.54, 1.807) is 6.92 Å². The fraction of sp³-hybridized carbons (Fsp3) is 0.600. The highest BCUT2D eigenvalue weighted by atomic mass is 16.2. The van der Waals surface area contributed by atoms with E-state index < -0.39 is 5.69 Å². The number of H-pyrrole nitrogens is 2. The number of nitrogens with one attached hydrogen (secondary N) is 3. The van der Waals surface area contributed by atoms with Gasteiger partial charge in [0.05, 0.1) is 0 Å². The van der Waals surface area contributed by atoms with Gasteiger partial charge in [-0.2, -0.15) is 0 Å². The highest BCUT2D eigenvalue weighted by Crippen LogP contribution is 1.96. The summed E-state index contributed by atoms with van der Waals surface area (Å²) in [6.07, 6.45) is 5.59. The number of hydrogen-bond donors (Lipinski definition) is 3. The zero-order chi connectivity index (χ0) is 11.1. The van der Waals surface area contributed by atoms with Crippen molar-refractivity contribution in [2.75, 3.05) is 13.1 Å². The van der Waals surface area contributed by atoms with Crippen molar-refractivity contribution in [3.8, 4) is 0 Å². The van der Waals surface area contributed by atoms with Crippen molar-refractivity contribution in [3.63, 3.8) is 0 Å². The third-order valence-electron chi connectivity index (χ3n) is 2.21. The smallest absolute Gasteiger partial charge is 0.317 e. The Morgan fingerprint density at radius 3 is 2.13 bits per heavy atom. The third kappa shape index (κ3) is 4.60. The molecule has 1 fully saturated rings. The van der Waals surface area contributed by atoms with Gasteiger partial charge in [-0.15, -0.1) is 0 Å². The summed E-state index contributed by atoms with van der Waals surface area (Å²) in [7, 11) is 0. The van der Waals surface area contributed by atoms with Gasteiger partial charge in [0.15, 0.2) is 0 Å². The Hall–Kier alpha value is -1.36. The number of rotatable bonds is 0. The molecule has 84 valence electrons. The molecule has 5 heteroatoms. The Morgan fingerprint density at radius 1 is 1.13 bits per heavy atom. The number of aromatic nitrogens is 2. The number of aryl methyl sites for hydroxylation is 1. The Bertz CT molecular complexity index is 379. The first-order valence-electron chi connectivity index (χ1n) is 5.19. The molecule has 2 rings (SSSR count). The van der Waals surface area contributed by atoms with E-state index in [-0.39, 0.29) is 5.56 Å². The van der Waals surface area contributed by atoms with Gasteiger partial charge in [0.1, 0.15) is 0 Å². The molecule has 2 heterocycles. The van der Waals surface area contributed by atoms with Crippen LogP contribution in [0.5, 0.6) is 0 Å². The highest BCUT2D eigenvalue weighted by molar-refractivity contribution is 4.98. The molecule has 1 aromatic heterocycles. The average molecular weight is 211 g/mol. The maximum absolute atomic E-state index is 10.6. The second kappa shape index (κ2) is 6.19. The first-order chi connectivity index (χ1) is 7.20. The van der Waals surface area contributed by atoms with Crippen LogP contribution >= 0.6 is 0 Å². The molecule has 0 spiro atoms. The summed E-state index contributed by atoms with van der Waals surface area (Å²) >= 11 is 0. The van der Waals surface area contributed by atoms with E-state index in [0.29, 0.717) is 5.56 Å². The number of aromatic amines is 2. The fourth-order valence-electron chi connectivity index (χ4n) is 1.28. The normalized spacial score (nSPS) is 15.3. The summed E-state index contributed by atoms with van der Waals surface area (Å²) in [4.78, 5) is 25.3. The van der Waals surface area contributed by atoms with Gasteiger partial charge < -0.3 is 10.3 Å². The van der Waals surface area contributed by atoms with Crippen molar-refractivity contribution in [3.05, 3.63) is 32.6 Å². The minimum absolute atomic E-state index is 0.334. The van der Waals surface area contributed by atoms with Crippen LogP contribution in [0.25, 0.3) is 0 Å². The molecule has 0 saturated carbocycles. The SMILES string of the molecule is C1CCNCC1.Cc1c[nH]c(=O)[nH]c1=O. The van der Waals surface area contributed by atoms with E-state index in [4.69, 9.17) is 0 Å². The molecule has 1 saturated heterocycles. The van der Waals surface area contributed by atoms with E-state index in [9.17, 15) is 9.59 Å². The Morgan fingerprint density at radius 2 is 1.80 bits per heavy atom. The molecule has 1 aliphatic heterocycles. The molecule has 0 radical (unpaired) electrons. The predicted molar refractivity (Wildman–Crippen MR) is 59.1 cm³/mol. The van der Waals surface area contributed by atoms with Gasteiger partial charge in [0.2, 0.25) is 0 Å². The molecule has 0 aromatic carbocycles. The zero-order valence-corrected chi connectivity index (χ0v) is 8.93. The summed E-state index contributed by atoms with van der Waals surface area (Å²) < 4.78 is 0. The third-order valence-corrected chi connectivity index (χ3v) is 2.21. The van der Waals surface area contributed by atoms with Crippen LogP contribution in [-0.2, 0) is 0 Å². The van der Waals surface area contributed by atoms with Crippen LogP contribution in [-0.4, -0.2) is 23.1 Å². The van der Waals surface area contributed by atoms with Crippen LogP contribution < -0.4 is 16.6 Å². The lowest BCUT2D eigenvalue weighted by atomic mass is 10.2. The Labute approximate surface area is 87.9 Å². The molecule has 0 bridgehead atoms. The van der Waals surface area contributed by atoms with Crippen LogP contribution in [0.4, 0.5) is 0 Å². The van der Waals surface area contributed by atoms with Crippen molar-refractivity contribution in [1.82, 2.24) is 15.3 Å². The lowest BCUT2D eigenvalue weighted by Gasteiger charge is -2.08. The van der Waals surface area contributed by atoms with Crippen LogP contribution in [0, 0.1) is 6.92 Å². The quantitative estimate of drug-likeness (QED) is 0.571. The van der Waals surface area contributed by atoms with Gasteiger partial charge >= 0.3 is 5.69 Å². The average Bonchev–Trinajstić information content (AvgIpc) is 2.27. The van der Waals surface area contributed by atoms with Crippen LogP contribution in [0.2, 0.25) is 0 Å². The second-order valence-electron chi connectivity index (χ2n) is 3.57. The molecule has 0 aliphatic carbocycles. The van der Waals surface area contributed by atoms with Gasteiger partial charge in [0, 0.05) is 11.8 Å². The molecule has 0 atom stereocenters. The summed E-state index contributed by atoms with van der Waals surface area (Å²) in [5, 5.41) is 3.28. The number of piperidine rings is 1. The van der Waals surface area contributed by atoms with E-state index >= 15 is 0 Å². The first kappa shape index (κ1) is 11.7. The molecular weight excluding hydrogens is 194 g/mol. The van der Waals surface area contributed by atoms with E-state index in [2.05, 4.69) is 15.3 Å². The van der Waals surface area contributed by atoms with Gasteiger partial charge in [0.25, 0.3) is 5.56 Å². The molecule has 3 N–H and O–H groups in total. The summed E-state index contributed by atoms with van der Waals surface area (Å²) in [6.45, 7) is 4.12. The largest absolute Gasteiger partial charge is 0.325 e. The Balaban J connectivity index is 0.000000162. The summed E-state index contributed by atoms with van der Waals surface area (Å²) in [5.41, 5.74) is -0.293. The molecule has 15 heavy (non-hydrogen) atoms. The van der Waals surface area contributed by atoms with Gasteiger partial charge in [-0.3, -0.25) is 9.78 Å². The van der Waals surface area contributed by atoms with Crippen molar-refractivity contribution in [1.29, 1.82) is 0 Å². The zero-order valence-electron chi connectivity index (χ0n) is 8.93. The van der Waals surface area contributed by atoms with E-state index in [1.165, 1.54) is 38.5 Å². The van der Waals surface area contributed by atoms with Crippen LogP contribution in [0.15, 0.2) is 15.8 Å². The van der Waals surface area contributed by atoms with Crippen molar-refractivity contribution in [2.24, 2.45) is 0 Å². The molecular formula is C10H17N3O2. The van der Waals surface area contributed by atoms with Gasteiger partial charge in [-0.05, 0) is 32.9 Å². The molecule has 1 aromatic rings. The second-order valence-corrected chi connectivity index (χ2v) is 3.57. The number of hydrogen-bond acceptors (Lipinski definition) is 3. The van der Waals surface area contributed by atoms with Crippen LogP contribution in [0.3, 0.4) is 0 Å². The van der Waals surface area contributed by atoms with Crippen LogP contribution in [0.1, 0.15) is 24.8 Å². The lowest BCUT2D eigenvalue weighted by molar-refractivity contribution is 0.520. The van der Waals surface area contributed by atoms with Crippen molar-refractivity contribution >= 4 is 0 Å². The van der Waals surface area contributed by atoms with Gasteiger partial charge in [-0.25, -0.2) is 4.79 Å². The summed E-state index contributed by atoms with van der Waals surface area (Å²) in [6, 6.07) is 0. The first-order valence-corrected chi connectivity index (χ1v) is 5.19. The van der Waals surface area contributed by atoms with E-state index in [0.717, 1.165) is 0 Å². The minimum Gasteiger partial charge on any atom is -0.317 e. The van der Waals surface area contributed by atoms with Crippen molar-refractivity contribution in [2.45, 2.75) is 26.2 Å². The maximum atomic E-state index is 10.6. The molecule has 0 unspecified atom stereocenters. The lowest BCUT2D eigenvalue weighted by Crippen LogP contribution is -2.22. The molecule has 0 amide bonds. The highest BCUT2D eigenvalue weighted by Gasteiger charge is 1.93. The predicted octanol–water partition coefficient (Wildman–Crippen LogP) is 0.132. The molecule has 1 aliphatic rings. The summed E-state index contributed by atoms with van der Waals surface area (Å²) in [5.74, 6) is 0. The topological polar surface area (TPSA) is 77.8 Å². The van der Waals surface area contributed by atoms with Gasteiger partial charge in [-0.1, -0.05) is 6.42 Å². The van der Waals surface area contributed by atoms with Crippen molar-refractivity contribution < 1.29 is 0 Å². The maximum Gasteiger partial charge on any atom is 0.325 e. The molecule has 5 nitrogen and oxygen atoms in total. The monoisotopic (exact) mass is 211 g/mol. The minimum atomic E-state index is -0.467. The fourth-order valence-corrected chi connectivity index (χ4v) is 1.28. The standard InChI is InChI=1S/C5H6N2O2.C5H11N/c1-3-2-6-5(9)7-4(3)8;1-2-4-6-5-3-1/h2H,1H3,(H2,6,7,8,9);6H,1-5H2. The van der Waals surface area contributed by atoms with E-state index in [1.807, 2.05) is 0 Å².